The fraction of sp³-hybridized carbons (Fsp3) is 0.899. The van der Waals surface area contributed by atoms with Crippen LogP contribution in [0, 0.1) is 0 Å². The predicted octanol–water partition coefficient (Wildman–Crippen LogP) is 25.4. The van der Waals surface area contributed by atoms with Gasteiger partial charge in [-0.25, -0.2) is 4.57 Å². The van der Waals surface area contributed by atoms with Gasteiger partial charge in [0.2, 0.25) is 5.91 Å². The van der Waals surface area contributed by atoms with Gasteiger partial charge in [0.05, 0.1) is 33.8 Å². The normalized spacial score (nSPS) is 13.6. The first kappa shape index (κ1) is 87.2. The van der Waals surface area contributed by atoms with Crippen molar-refractivity contribution >= 4 is 19.7 Å². The molecular formula is C79H154N2O7P+. The molecule has 0 heterocycles. The number of quaternary nitrogens is 1. The number of esters is 1. The summed E-state index contributed by atoms with van der Waals surface area (Å²) in [7, 11) is 1.52. The highest BCUT2D eigenvalue weighted by atomic mass is 31.2. The van der Waals surface area contributed by atoms with E-state index in [0.29, 0.717) is 23.9 Å². The smallest absolute Gasteiger partial charge is 0.456 e. The Morgan fingerprint density at radius 2 is 0.652 bits per heavy atom. The number of likely N-dealkylation sites (N-methyl/N-ethyl adjacent to an activating group) is 1. The third-order valence-electron chi connectivity index (χ3n) is 18.1. The first-order valence-electron chi connectivity index (χ1n) is 39.3. The highest BCUT2D eigenvalue weighted by Crippen LogP contribution is 2.43. The summed E-state index contributed by atoms with van der Waals surface area (Å²) in [6.45, 7) is 7.07. The standard InChI is InChI=1S/C79H153N2O7P/c1-7-10-13-16-19-22-25-27-29-31-33-35-37-39-40-42-43-45-47-49-51-53-56-59-62-65-68-71-78(82)80-76(75-87-89(84,85)86-74-73-81(4,5)6)77(70-67-64-61-58-55-24-21-18-15-12-9-3)88-79(83)72-69-66-63-60-57-54-52-50-48-46-44-41-38-36-34-32-30-28-26-23-20-17-14-11-8-2/h27-30,67,70,76-77H,7-26,31-66,68-69,71-75H2,1-6H3,(H-,80,82,84,85)/p+1/b29-27+,30-28+,70-67+. The number of phosphoric ester groups is 1. The molecular weight excluding hydrogens is 1120 g/mol. The monoisotopic (exact) mass is 1270 g/mol. The molecule has 0 spiro atoms. The van der Waals surface area contributed by atoms with Crippen molar-refractivity contribution in [3.8, 4) is 0 Å². The van der Waals surface area contributed by atoms with Crippen molar-refractivity contribution in [2.24, 2.45) is 0 Å². The van der Waals surface area contributed by atoms with E-state index in [0.717, 1.165) is 57.8 Å². The lowest BCUT2D eigenvalue weighted by Crippen LogP contribution is -2.47. The zero-order valence-corrected chi connectivity index (χ0v) is 61.4. The molecule has 0 rings (SSSR count). The van der Waals surface area contributed by atoms with Crippen LogP contribution in [0.15, 0.2) is 36.5 Å². The maximum atomic E-state index is 13.6. The van der Waals surface area contributed by atoms with E-state index in [1.165, 1.54) is 315 Å². The summed E-state index contributed by atoms with van der Waals surface area (Å²) in [5, 5.41) is 3.08. The summed E-state index contributed by atoms with van der Waals surface area (Å²) in [6.07, 6.45) is 87.6. The van der Waals surface area contributed by atoms with Crippen LogP contribution in [-0.4, -0.2) is 74.3 Å². The lowest BCUT2D eigenvalue weighted by Gasteiger charge is -2.27. The largest absolute Gasteiger partial charge is 0.472 e. The average Bonchev–Trinajstić information content (AvgIpc) is 3.70. The van der Waals surface area contributed by atoms with Crippen molar-refractivity contribution in [2.45, 2.75) is 418 Å². The molecule has 0 aliphatic heterocycles. The fourth-order valence-corrected chi connectivity index (χ4v) is 12.7. The van der Waals surface area contributed by atoms with Gasteiger partial charge in [0, 0.05) is 12.8 Å². The van der Waals surface area contributed by atoms with Crippen LogP contribution in [0.5, 0.6) is 0 Å². The van der Waals surface area contributed by atoms with Crippen molar-refractivity contribution < 1.29 is 37.3 Å². The van der Waals surface area contributed by atoms with Crippen molar-refractivity contribution in [1.82, 2.24) is 5.32 Å². The van der Waals surface area contributed by atoms with Gasteiger partial charge in [-0.2, -0.15) is 0 Å². The summed E-state index contributed by atoms with van der Waals surface area (Å²) >= 11 is 0. The first-order chi connectivity index (χ1) is 43.4. The van der Waals surface area contributed by atoms with Crippen LogP contribution in [0.4, 0.5) is 0 Å². The first-order valence-corrected chi connectivity index (χ1v) is 40.8. The van der Waals surface area contributed by atoms with E-state index in [9.17, 15) is 19.0 Å². The van der Waals surface area contributed by atoms with E-state index in [4.69, 9.17) is 13.8 Å². The molecule has 2 N–H and O–H groups in total. The Hall–Kier alpha value is -1.77. The topological polar surface area (TPSA) is 111 Å². The van der Waals surface area contributed by atoms with E-state index >= 15 is 0 Å². The highest BCUT2D eigenvalue weighted by Gasteiger charge is 2.30. The maximum absolute atomic E-state index is 13.6. The van der Waals surface area contributed by atoms with Crippen molar-refractivity contribution in [1.29, 1.82) is 0 Å². The fourth-order valence-electron chi connectivity index (χ4n) is 12.0. The number of rotatable bonds is 73. The highest BCUT2D eigenvalue weighted by molar-refractivity contribution is 7.47. The number of hydrogen-bond acceptors (Lipinski definition) is 6. The number of amides is 1. The van der Waals surface area contributed by atoms with Gasteiger partial charge in [0.1, 0.15) is 19.3 Å². The van der Waals surface area contributed by atoms with Crippen molar-refractivity contribution in [3.63, 3.8) is 0 Å². The number of carbonyl (C=O) groups excluding carboxylic acids is 2. The second kappa shape index (κ2) is 69.1. The van der Waals surface area contributed by atoms with Crippen LogP contribution >= 0.6 is 7.82 Å². The maximum Gasteiger partial charge on any atom is 0.472 e. The summed E-state index contributed by atoms with van der Waals surface area (Å²) < 4.78 is 30.9. The zero-order valence-electron chi connectivity index (χ0n) is 60.5. The second-order valence-corrected chi connectivity index (χ2v) is 29.7. The SMILES string of the molecule is CCCCCCCC/C=C/CCCCCCCCCCCCCCCCCCCC(=O)NC(COP(=O)(O)OCC[N+](C)(C)C)C(/C=C/CCCCCCCCCCC)OC(=O)CCCCCCCCCCCCCCCCC/C=C/CCCCCCCC. The molecule has 0 radical (unpaired) electrons. The molecule has 0 aliphatic rings. The minimum Gasteiger partial charge on any atom is -0.456 e. The number of hydrogen-bond donors (Lipinski definition) is 2. The minimum absolute atomic E-state index is 0.0437. The van der Waals surface area contributed by atoms with E-state index in [2.05, 4.69) is 56.5 Å². The van der Waals surface area contributed by atoms with E-state index in [-0.39, 0.29) is 25.1 Å². The molecule has 0 saturated carbocycles. The number of carbonyl (C=O) groups is 2. The van der Waals surface area contributed by atoms with Gasteiger partial charge in [-0.3, -0.25) is 18.6 Å². The summed E-state index contributed by atoms with van der Waals surface area (Å²) in [5.74, 6) is -0.481. The van der Waals surface area contributed by atoms with Crippen LogP contribution in [0.25, 0.3) is 0 Å². The van der Waals surface area contributed by atoms with Gasteiger partial charge in [-0.15, -0.1) is 0 Å². The van der Waals surface area contributed by atoms with Gasteiger partial charge in [-0.1, -0.05) is 347 Å². The summed E-state index contributed by atoms with van der Waals surface area (Å²) in [4.78, 5) is 38.0. The van der Waals surface area contributed by atoms with Gasteiger partial charge in [0.25, 0.3) is 0 Å². The molecule has 1 amide bonds. The van der Waals surface area contributed by atoms with Gasteiger partial charge >= 0.3 is 13.8 Å². The Morgan fingerprint density at radius 1 is 0.382 bits per heavy atom. The van der Waals surface area contributed by atoms with Crippen LogP contribution < -0.4 is 5.32 Å². The van der Waals surface area contributed by atoms with Crippen LogP contribution in [0.3, 0.4) is 0 Å². The summed E-state index contributed by atoms with van der Waals surface area (Å²) in [6, 6.07) is -0.845. The van der Waals surface area contributed by atoms with Crippen LogP contribution in [0.1, 0.15) is 406 Å². The van der Waals surface area contributed by atoms with Gasteiger partial charge in [-0.05, 0) is 83.1 Å². The lowest BCUT2D eigenvalue weighted by molar-refractivity contribution is -0.870. The number of ether oxygens (including phenoxy) is 1. The molecule has 0 saturated heterocycles. The zero-order chi connectivity index (χ0) is 64.9. The molecule has 3 unspecified atom stereocenters. The van der Waals surface area contributed by atoms with E-state index in [1.807, 2.05) is 27.2 Å². The van der Waals surface area contributed by atoms with Crippen molar-refractivity contribution in [2.75, 3.05) is 40.9 Å². The molecule has 3 atom stereocenters. The Bertz CT molecular complexity index is 1610. The number of allylic oxidation sites excluding steroid dienone is 5. The molecule has 9 nitrogen and oxygen atoms in total. The molecule has 0 bridgehead atoms. The summed E-state index contributed by atoms with van der Waals surface area (Å²) in [5.41, 5.74) is 0. The third kappa shape index (κ3) is 70.4. The second-order valence-electron chi connectivity index (χ2n) is 28.2. The minimum atomic E-state index is -4.45. The average molecular weight is 1280 g/mol. The molecule has 0 aliphatic carbocycles. The Labute approximate surface area is 555 Å². The number of nitrogens with one attached hydrogen (secondary N) is 1. The number of nitrogens with zero attached hydrogens (tertiary/aromatic N) is 1. The Morgan fingerprint density at radius 3 is 0.955 bits per heavy atom. The van der Waals surface area contributed by atoms with Gasteiger partial charge in [0.15, 0.2) is 0 Å². The third-order valence-corrected chi connectivity index (χ3v) is 19.0. The molecule has 10 heteroatoms. The quantitative estimate of drug-likeness (QED) is 0.0205. The predicted molar refractivity (Wildman–Crippen MR) is 388 cm³/mol. The van der Waals surface area contributed by atoms with Gasteiger partial charge < -0.3 is 19.4 Å². The Balaban J connectivity index is 4.86. The molecule has 0 aromatic carbocycles. The van der Waals surface area contributed by atoms with E-state index in [1.54, 1.807) is 0 Å². The van der Waals surface area contributed by atoms with Crippen LogP contribution in [0.2, 0.25) is 0 Å². The molecule has 526 valence electrons. The Kier molecular flexibility index (Phi) is 67.7. The molecule has 89 heavy (non-hydrogen) atoms. The molecule has 0 fully saturated rings. The van der Waals surface area contributed by atoms with Crippen molar-refractivity contribution in [3.05, 3.63) is 36.5 Å². The number of unbranched alkanes of at least 4 members (excludes halogenated alkanes) is 53. The number of phosphoric acid groups is 1. The molecule has 0 aromatic rings. The lowest BCUT2D eigenvalue weighted by atomic mass is 10.0. The molecule has 0 aromatic heterocycles. The van der Waals surface area contributed by atoms with Crippen LogP contribution in [-0.2, 0) is 27.9 Å². The van der Waals surface area contributed by atoms with E-state index < -0.39 is 20.0 Å².